The van der Waals surface area contributed by atoms with Gasteiger partial charge in [-0.2, -0.15) is 0 Å². The molecule has 0 saturated heterocycles. The average Bonchev–Trinajstić information content (AvgIpc) is 3.47. The van der Waals surface area contributed by atoms with Crippen LogP contribution in [0.1, 0.15) is 40.5 Å². The summed E-state index contributed by atoms with van der Waals surface area (Å²) in [5.41, 5.74) is 3.55. The summed E-state index contributed by atoms with van der Waals surface area (Å²) in [6, 6.07) is 10.5. The molecule has 2 aromatic rings. The lowest BCUT2D eigenvalue weighted by atomic mass is 9.92. The number of thiophene rings is 1. The Hall–Kier alpha value is -2.18. The van der Waals surface area contributed by atoms with Crippen molar-refractivity contribution in [3.63, 3.8) is 0 Å². The van der Waals surface area contributed by atoms with Crippen LogP contribution in [0.3, 0.4) is 0 Å². The van der Waals surface area contributed by atoms with Crippen molar-refractivity contribution in [2.24, 2.45) is 5.92 Å². The van der Waals surface area contributed by atoms with Gasteiger partial charge >= 0.3 is 0 Å². The molecule has 0 N–H and O–H groups in total. The van der Waals surface area contributed by atoms with Crippen LogP contribution in [0, 0.1) is 12.8 Å². The van der Waals surface area contributed by atoms with E-state index in [0.717, 1.165) is 24.8 Å². The van der Waals surface area contributed by atoms with Gasteiger partial charge in [-0.1, -0.05) is 29.8 Å². The molecular weight excluding hydrogens is 384 g/mol. The summed E-state index contributed by atoms with van der Waals surface area (Å²) in [6.45, 7) is 3.79. The third kappa shape index (κ3) is 4.38. The van der Waals surface area contributed by atoms with Gasteiger partial charge in [-0.3, -0.25) is 9.59 Å². The van der Waals surface area contributed by atoms with Gasteiger partial charge in [0.15, 0.2) is 0 Å². The lowest BCUT2D eigenvalue weighted by molar-refractivity contribution is -0.142. The van der Waals surface area contributed by atoms with Crippen LogP contribution >= 0.6 is 11.3 Å². The predicted octanol–water partition coefficient (Wildman–Crippen LogP) is 3.42. The van der Waals surface area contributed by atoms with Crippen LogP contribution in [-0.4, -0.2) is 55.0 Å². The molecule has 2 heterocycles. The maximum Gasteiger partial charge on any atom is 0.242 e. The third-order valence-electron chi connectivity index (χ3n) is 5.81. The molecule has 1 aliphatic heterocycles. The number of carbonyl (C=O) groups excluding carboxylic acids is 2. The van der Waals surface area contributed by atoms with E-state index in [0.29, 0.717) is 19.7 Å². The second kappa shape index (κ2) is 8.67. The van der Waals surface area contributed by atoms with Gasteiger partial charge in [-0.05, 0) is 48.8 Å². The number of carbonyl (C=O) groups is 2. The summed E-state index contributed by atoms with van der Waals surface area (Å²) in [4.78, 5) is 31.1. The molecule has 29 heavy (non-hydrogen) atoms. The van der Waals surface area contributed by atoms with Crippen LogP contribution < -0.4 is 0 Å². The molecule has 5 nitrogen and oxygen atoms in total. The van der Waals surface area contributed by atoms with Crippen molar-refractivity contribution in [2.75, 3.05) is 33.4 Å². The van der Waals surface area contributed by atoms with Gasteiger partial charge in [0.2, 0.25) is 11.8 Å². The SMILES string of the molecule is COCCN(CC(=O)N1CCc2sccc2C1c1ccc(C)cc1)C(=O)C1CC1. The number of hydrogen-bond acceptors (Lipinski definition) is 4. The number of ether oxygens (including phenoxy) is 1. The Kier molecular flexibility index (Phi) is 6.01. The molecule has 0 spiro atoms. The molecular formula is C23H28N2O3S. The fraction of sp³-hybridized carbons (Fsp3) is 0.478. The fourth-order valence-corrected chi connectivity index (χ4v) is 4.91. The van der Waals surface area contributed by atoms with Crippen molar-refractivity contribution in [3.05, 3.63) is 57.3 Å². The topological polar surface area (TPSA) is 49.9 Å². The van der Waals surface area contributed by atoms with E-state index in [1.807, 2.05) is 4.90 Å². The average molecular weight is 413 g/mol. The van der Waals surface area contributed by atoms with Crippen molar-refractivity contribution in [2.45, 2.75) is 32.2 Å². The highest BCUT2D eigenvalue weighted by Gasteiger charge is 2.37. The van der Waals surface area contributed by atoms with Gasteiger partial charge < -0.3 is 14.5 Å². The number of nitrogens with zero attached hydrogens (tertiary/aromatic N) is 2. The molecule has 154 valence electrons. The van der Waals surface area contributed by atoms with Crippen LogP contribution in [0.25, 0.3) is 0 Å². The first kappa shape index (κ1) is 20.1. The van der Waals surface area contributed by atoms with E-state index < -0.39 is 0 Å². The normalized spacial score (nSPS) is 18.4. The second-order valence-electron chi connectivity index (χ2n) is 7.98. The van der Waals surface area contributed by atoms with Crippen molar-refractivity contribution in [1.29, 1.82) is 0 Å². The van der Waals surface area contributed by atoms with Gasteiger partial charge in [0, 0.05) is 31.0 Å². The first-order valence-corrected chi connectivity index (χ1v) is 11.2. The van der Waals surface area contributed by atoms with Crippen LogP contribution in [-0.2, 0) is 20.7 Å². The zero-order valence-corrected chi connectivity index (χ0v) is 17.9. The van der Waals surface area contributed by atoms with Crippen molar-refractivity contribution in [1.82, 2.24) is 9.80 Å². The summed E-state index contributed by atoms with van der Waals surface area (Å²) >= 11 is 1.76. The fourth-order valence-electron chi connectivity index (χ4n) is 4.00. The van der Waals surface area contributed by atoms with E-state index >= 15 is 0 Å². The number of benzene rings is 1. The monoisotopic (exact) mass is 412 g/mol. The number of fused-ring (bicyclic) bond motifs is 1. The van der Waals surface area contributed by atoms with Crippen LogP contribution in [0.4, 0.5) is 0 Å². The molecule has 4 rings (SSSR count). The Labute approximate surface area is 176 Å². The highest BCUT2D eigenvalue weighted by Crippen LogP contribution is 2.38. The molecule has 1 atom stereocenters. The maximum atomic E-state index is 13.4. The number of rotatable bonds is 7. The smallest absolute Gasteiger partial charge is 0.242 e. The zero-order valence-electron chi connectivity index (χ0n) is 17.1. The van der Waals surface area contributed by atoms with E-state index in [4.69, 9.17) is 4.74 Å². The molecule has 1 aromatic carbocycles. The summed E-state index contributed by atoms with van der Waals surface area (Å²) in [7, 11) is 1.62. The summed E-state index contributed by atoms with van der Waals surface area (Å²) < 4.78 is 5.17. The minimum atomic E-state index is -0.0848. The molecule has 1 unspecified atom stereocenters. The molecule has 0 radical (unpaired) electrons. The Bertz CT molecular complexity index is 873. The van der Waals surface area contributed by atoms with Crippen molar-refractivity contribution >= 4 is 23.2 Å². The van der Waals surface area contributed by atoms with E-state index in [1.54, 1.807) is 23.3 Å². The standard InChI is InChI=1S/C23H28N2O3S/c1-16-3-5-17(6-4-16)22-19-10-14-29-20(19)9-11-25(22)21(26)15-24(12-13-28-2)23(27)18-7-8-18/h3-6,10,14,18,22H,7-9,11-13,15H2,1-2H3. The second-order valence-corrected chi connectivity index (χ2v) is 8.98. The zero-order chi connectivity index (χ0) is 20.4. The number of methoxy groups -OCH3 is 1. The third-order valence-corrected chi connectivity index (χ3v) is 6.81. The lowest BCUT2D eigenvalue weighted by Gasteiger charge is -2.37. The molecule has 6 heteroatoms. The highest BCUT2D eigenvalue weighted by molar-refractivity contribution is 7.10. The Morgan fingerprint density at radius 3 is 2.66 bits per heavy atom. The summed E-state index contributed by atoms with van der Waals surface area (Å²) in [5, 5.41) is 2.11. The number of amides is 2. The van der Waals surface area contributed by atoms with Gasteiger partial charge in [-0.25, -0.2) is 0 Å². The first-order chi connectivity index (χ1) is 14.1. The molecule has 1 saturated carbocycles. The summed E-state index contributed by atoms with van der Waals surface area (Å²) in [6.07, 6.45) is 2.74. The first-order valence-electron chi connectivity index (χ1n) is 10.3. The predicted molar refractivity (Wildman–Crippen MR) is 114 cm³/mol. The highest BCUT2D eigenvalue weighted by atomic mass is 32.1. The Morgan fingerprint density at radius 2 is 1.97 bits per heavy atom. The van der Waals surface area contributed by atoms with E-state index in [1.165, 1.54) is 16.0 Å². The van der Waals surface area contributed by atoms with E-state index in [2.05, 4.69) is 42.6 Å². The van der Waals surface area contributed by atoms with Gasteiger partial charge in [-0.15, -0.1) is 11.3 Å². The molecule has 2 amide bonds. The molecule has 2 aliphatic rings. The molecule has 1 aromatic heterocycles. The molecule has 0 bridgehead atoms. The number of hydrogen-bond donors (Lipinski definition) is 0. The van der Waals surface area contributed by atoms with Crippen LogP contribution in [0.2, 0.25) is 0 Å². The van der Waals surface area contributed by atoms with Gasteiger partial charge in [0.1, 0.15) is 0 Å². The Balaban J connectivity index is 1.58. The Morgan fingerprint density at radius 1 is 1.21 bits per heavy atom. The minimum Gasteiger partial charge on any atom is -0.383 e. The van der Waals surface area contributed by atoms with Gasteiger partial charge in [0.25, 0.3) is 0 Å². The summed E-state index contributed by atoms with van der Waals surface area (Å²) in [5.74, 6) is 0.199. The minimum absolute atomic E-state index is 0.0116. The van der Waals surface area contributed by atoms with Crippen LogP contribution in [0.15, 0.2) is 35.7 Å². The van der Waals surface area contributed by atoms with Crippen LogP contribution in [0.5, 0.6) is 0 Å². The van der Waals surface area contributed by atoms with Gasteiger partial charge in [0.05, 0.1) is 19.2 Å². The van der Waals surface area contributed by atoms with E-state index in [-0.39, 0.29) is 30.3 Å². The maximum absolute atomic E-state index is 13.4. The van der Waals surface area contributed by atoms with Crippen molar-refractivity contribution < 1.29 is 14.3 Å². The van der Waals surface area contributed by atoms with E-state index in [9.17, 15) is 9.59 Å². The van der Waals surface area contributed by atoms with Crippen molar-refractivity contribution in [3.8, 4) is 0 Å². The molecule has 1 fully saturated rings. The quantitative estimate of drug-likeness (QED) is 0.700. The molecule has 1 aliphatic carbocycles. The lowest BCUT2D eigenvalue weighted by Crippen LogP contribution is -2.47. The largest absolute Gasteiger partial charge is 0.383 e. The number of aryl methyl sites for hydroxylation is 1.